The second-order valence-electron chi connectivity index (χ2n) is 9.28. The molecule has 1 aliphatic heterocycles. The lowest BCUT2D eigenvalue weighted by Crippen LogP contribution is -2.45. The summed E-state index contributed by atoms with van der Waals surface area (Å²) < 4.78 is 11.6. The fourth-order valence-electron chi connectivity index (χ4n) is 4.41. The summed E-state index contributed by atoms with van der Waals surface area (Å²) in [6.07, 6.45) is 6.36. The summed E-state index contributed by atoms with van der Waals surface area (Å²) in [6, 6.07) is 23.9. The van der Waals surface area contributed by atoms with E-state index in [9.17, 15) is 14.7 Å². The average molecular weight is 516 g/mol. The molecular weight excluding hydrogens is 482 g/mol. The zero-order chi connectivity index (χ0) is 26.7. The van der Waals surface area contributed by atoms with Crippen LogP contribution in [0.1, 0.15) is 42.4 Å². The van der Waals surface area contributed by atoms with Crippen molar-refractivity contribution in [3.8, 4) is 11.5 Å². The van der Waals surface area contributed by atoms with Crippen LogP contribution in [0.5, 0.6) is 11.5 Å². The molecule has 0 amide bonds. The van der Waals surface area contributed by atoms with Gasteiger partial charge < -0.3 is 24.6 Å². The lowest BCUT2D eigenvalue weighted by atomic mass is 10.0. The first-order valence-electron chi connectivity index (χ1n) is 12.9. The van der Waals surface area contributed by atoms with Crippen LogP contribution in [0.25, 0.3) is 12.2 Å². The van der Waals surface area contributed by atoms with Gasteiger partial charge in [-0.05, 0) is 55.0 Å². The first-order chi connectivity index (χ1) is 18.5. The van der Waals surface area contributed by atoms with Crippen LogP contribution < -0.4 is 14.4 Å². The molecule has 1 atom stereocenters. The summed E-state index contributed by atoms with van der Waals surface area (Å²) in [4.78, 5) is 24.6. The zero-order valence-electron chi connectivity index (χ0n) is 21.3. The van der Waals surface area contributed by atoms with E-state index < -0.39 is 18.0 Å². The molecular formula is C31H33NO6. The van der Waals surface area contributed by atoms with E-state index in [0.717, 1.165) is 41.8 Å². The molecule has 7 heteroatoms. The van der Waals surface area contributed by atoms with E-state index in [2.05, 4.69) is 24.3 Å². The Labute approximate surface area is 222 Å². The van der Waals surface area contributed by atoms with Crippen LogP contribution >= 0.6 is 0 Å². The van der Waals surface area contributed by atoms with E-state index in [-0.39, 0.29) is 13.0 Å². The standard InChI is InChI=1S/C31H33NO6/c33-29(34)13-7-20-32-22-28(31(35)36)38-30-25(9-6-12-27(30)32)19-18-24-16-14-23(15-17-24)8-4-5-21-37-26-10-2-1-3-11-26/h1-3,6,9-12,14-19,28H,4-5,7-8,13,20-22H2,(H,33,34)(H,35,36)/b19-18+. The molecule has 0 saturated heterocycles. The molecule has 0 radical (unpaired) electrons. The monoisotopic (exact) mass is 515 g/mol. The molecule has 0 aromatic heterocycles. The maximum Gasteiger partial charge on any atom is 0.346 e. The Morgan fingerprint density at radius 1 is 0.921 bits per heavy atom. The van der Waals surface area contributed by atoms with E-state index in [1.54, 1.807) is 0 Å². The number of ether oxygens (including phenoxy) is 2. The van der Waals surface area contributed by atoms with Gasteiger partial charge in [-0.15, -0.1) is 0 Å². The second-order valence-corrected chi connectivity index (χ2v) is 9.28. The van der Waals surface area contributed by atoms with Gasteiger partial charge in [-0.3, -0.25) is 4.79 Å². The summed E-state index contributed by atoms with van der Waals surface area (Å²) in [5, 5.41) is 18.6. The minimum atomic E-state index is -1.04. The number of anilines is 1. The van der Waals surface area contributed by atoms with Gasteiger partial charge in [0, 0.05) is 18.5 Å². The summed E-state index contributed by atoms with van der Waals surface area (Å²) in [5.41, 5.74) is 3.85. The Bertz CT molecular complexity index is 1240. The van der Waals surface area contributed by atoms with Crippen LogP contribution in [0.4, 0.5) is 5.69 Å². The quantitative estimate of drug-likeness (QED) is 0.220. The van der Waals surface area contributed by atoms with Crippen molar-refractivity contribution in [3.63, 3.8) is 0 Å². The first kappa shape index (κ1) is 26.8. The Hall–Kier alpha value is -4.26. The highest BCUT2D eigenvalue weighted by molar-refractivity contribution is 5.81. The largest absolute Gasteiger partial charge is 0.494 e. The van der Waals surface area contributed by atoms with Crippen molar-refractivity contribution in [2.45, 2.75) is 38.2 Å². The highest BCUT2D eigenvalue weighted by Gasteiger charge is 2.31. The molecule has 0 bridgehead atoms. The van der Waals surface area contributed by atoms with Gasteiger partial charge in [-0.1, -0.05) is 66.7 Å². The fourth-order valence-corrected chi connectivity index (χ4v) is 4.41. The number of para-hydroxylation sites is 2. The van der Waals surface area contributed by atoms with Gasteiger partial charge in [0.15, 0.2) is 5.75 Å². The average Bonchev–Trinajstić information content (AvgIpc) is 2.92. The number of rotatable bonds is 13. The molecule has 0 spiro atoms. The number of fused-ring (bicyclic) bond motifs is 1. The minimum absolute atomic E-state index is 0.0292. The van der Waals surface area contributed by atoms with Crippen LogP contribution in [0, 0.1) is 0 Å². The van der Waals surface area contributed by atoms with Crippen molar-refractivity contribution >= 4 is 29.8 Å². The van der Waals surface area contributed by atoms with E-state index in [4.69, 9.17) is 14.6 Å². The molecule has 1 heterocycles. The molecule has 1 aliphatic rings. The fraction of sp³-hybridized carbons (Fsp3) is 0.290. The number of carboxylic acid groups (broad SMARTS) is 2. The first-order valence-corrected chi connectivity index (χ1v) is 12.9. The van der Waals surface area contributed by atoms with Crippen LogP contribution in [0.2, 0.25) is 0 Å². The number of aliphatic carboxylic acids is 2. The molecule has 198 valence electrons. The number of benzene rings is 3. The molecule has 0 saturated carbocycles. The Morgan fingerprint density at radius 3 is 2.45 bits per heavy atom. The molecule has 1 unspecified atom stereocenters. The van der Waals surface area contributed by atoms with Gasteiger partial charge in [-0.25, -0.2) is 4.79 Å². The predicted molar refractivity (Wildman–Crippen MR) is 148 cm³/mol. The SMILES string of the molecule is O=C(O)CCCN1CC(C(=O)O)Oc2c(/C=C/c3ccc(CCCCOc4ccccc4)cc3)cccc21. The maximum atomic E-state index is 11.7. The second kappa shape index (κ2) is 13.3. The van der Waals surface area contributed by atoms with Gasteiger partial charge in [0.25, 0.3) is 0 Å². The third-order valence-electron chi connectivity index (χ3n) is 6.41. The van der Waals surface area contributed by atoms with E-state index in [1.807, 2.05) is 65.6 Å². The number of carbonyl (C=O) groups is 2. The number of unbranched alkanes of at least 4 members (excludes halogenated alkanes) is 1. The van der Waals surface area contributed by atoms with Gasteiger partial charge in [0.2, 0.25) is 6.10 Å². The van der Waals surface area contributed by atoms with Crippen molar-refractivity contribution in [1.29, 1.82) is 0 Å². The molecule has 3 aromatic carbocycles. The van der Waals surface area contributed by atoms with E-state index in [0.29, 0.717) is 25.3 Å². The van der Waals surface area contributed by atoms with Crippen LogP contribution in [-0.2, 0) is 16.0 Å². The Kier molecular flexibility index (Phi) is 9.40. The maximum absolute atomic E-state index is 11.7. The molecule has 38 heavy (non-hydrogen) atoms. The van der Waals surface area contributed by atoms with Crippen molar-refractivity contribution < 1.29 is 29.3 Å². The van der Waals surface area contributed by atoms with Gasteiger partial charge in [0.05, 0.1) is 18.8 Å². The van der Waals surface area contributed by atoms with Gasteiger partial charge in [0.1, 0.15) is 5.75 Å². The van der Waals surface area contributed by atoms with Crippen LogP contribution in [0.3, 0.4) is 0 Å². The van der Waals surface area contributed by atoms with Crippen LogP contribution in [-0.4, -0.2) is 48.0 Å². The Balaban J connectivity index is 1.35. The molecule has 2 N–H and O–H groups in total. The van der Waals surface area contributed by atoms with E-state index >= 15 is 0 Å². The molecule has 0 aliphatic carbocycles. The van der Waals surface area contributed by atoms with E-state index in [1.165, 1.54) is 5.56 Å². The van der Waals surface area contributed by atoms with Crippen LogP contribution in [0.15, 0.2) is 72.8 Å². The van der Waals surface area contributed by atoms with Gasteiger partial charge >= 0.3 is 11.9 Å². The zero-order valence-corrected chi connectivity index (χ0v) is 21.3. The summed E-state index contributed by atoms with van der Waals surface area (Å²) >= 11 is 0. The smallest absolute Gasteiger partial charge is 0.346 e. The predicted octanol–water partition coefficient (Wildman–Crippen LogP) is 5.78. The number of aryl methyl sites for hydroxylation is 1. The Morgan fingerprint density at radius 2 is 1.71 bits per heavy atom. The normalized spacial score (nSPS) is 14.6. The van der Waals surface area contributed by atoms with Gasteiger partial charge in [-0.2, -0.15) is 0 Å². The highest BCUT2D eigenvalue weighted by atomic mass is 16.5. The third-order valence-corrected chi connectivity index (χ3v) is 6.41. The third kappa shape index (κ3) is 7.62. The topological polar surface area (TPSA) is 96.3 Å². The van der Waals surface area contributed by atoms with Crippen molar-refractivity contribution in [3.05, 3.63) is 89.5 Å². The molecule has 4 rings (SSSR count). The number of nitrogens with zero attached hydrogens (tertiary/aromatic N) is 1. The number of hydrogen-bond acceptors (Lipinski definition) is 5. The summed E-state index contributed by atoms with van der Waals surface area (Å²) in [5.74, 6) is -0.502. The summed E-state index contributed by atoms with van der Waals surface area (Å²) in [6.45, 7) is 1.32. The summed E-state index contributed by atoms with van der Waals surface area (Å²) in [7, 11) is 0. The minimum Gasteiger partial charge on any atom is -0.494 e. The molecule has 3 aromatic rings. The highest BCUT2D eigenvalue weighted by Crippen LogP contribution is 2.38. The number of hydrogen-bond donors (Lipinski definition) is 2. The lowest BCUT2D eigenvalue weighted by molar-refractivity contribution is -0.145. The van der Waals surface area contributed by atoms with Crippen molar-refractivity contribution in [2.75, 3.05) is 24.6 Å². The van der Waals surface area contributed by atoms with Crippen molar-refractivity contribution in [1.82, 2.24) is 0 Å². The molecule has 7 nitrogen and oxygen atoms in total. The van der Waals surface area contributed by atoms with Crippen molar-refractivity contribution in [2.24, 2.45) is 0 Å². The lowest BCUT2D eigenvalue weighted by Gasteiger charge is -2.35. The number of carboxylic acids is 2. The molecule has 0 fully saturated rings.